The van der Waals surface area contributed by atoms with Crippen LogP contribution in [0, 0.1) is 0 Å². The van der Waals surface area contributed by atoms with Crippen LogP contribution in [0.15, 0.2) is 4.99 Å². The number of amidine groups is 1. The molecule has 1 aliphatic carbocycles. The first-order valence-electron chi connectivity index (χ1n) is 5.06. The molecule has 1 fully saturated rings. The highest BCUT2D eigenvalue weighted by Crippen LogP contribution is 2.40. The minimum absolute atomic E-state index is 0.416. The molecular formula is C10H20N2S. The molecule has 0 unspecified atom stereocenters. The van der Waals surface area contributed by atoms with Gasteiger partial charge in [-0.3, -0.25) is 4.99 Å². The molecule has 3 heteroatoms. The second-order valence-electron chi connectivity index (χ2n) is 3.76. The van der Waals surface area contributed by atoms with E-state index in [9.17, 15) is 0 Å². The van der Waals surface area contributed by atoms with Crippen molar-refractivity contribution in [3.05, 3.63) is 0 Å². The zero-order valence-electron chi connectivity index (χ0n) is 8.68. The Morgan fingerprint density at radius 3 is 2.54 bits per heavy atom. The van der Waals surface area contributed by atoms with Crippen LogP contribution in [0.25, 0.3) is 0 Å². The summed E-state index contributed by atoms with van der Waals surface area (Å²) in [4.78, 5) is 4.44. The van der Waals surface area contributed by atoms with E-state index in [-0.39, 0.29) is 0 Å². The molecule has 1 aliphatic rings. The topological polar surface area (TPSA) is 38.4 Å². The number of aliphatic imine (C=N–C) groups is 1. The van der Waals surface area contributed by atoms with E-state index in [4.69, 9.17) is 5.73 Å². The van der Waals surface area contributed by atoms with Gasteiger partial charge in [0.1, 0.15) is 0 Å². The lowest BCUT2D eigenvalue weighted by Crippen LogP contribution is -2.25. The molecule has 0 bridgehead atoms. The lowest BCUT2D eigenvalue weighted by Gasteiger charge is -2.24. The van der Waals surface area contributed by atoms with Crippen molar-refractivity contribution >= 4 is 17.6 Å². The van der Waals surface area contributed by atoms with Crippen LogP contribution in [-0.2, 0) is 0 Å². The van der Waals surface area contributed by atoms with Crippen molar-refractivity contribution in [1.82, 2.24) is 0 Å². The Hall–Kier alpha value is -0.180. The number of hydrogen-bond acceptors (Lipinski definition) is 2. The van der Waals surface area contributed by atoms with E-state index >= 15 is 0 Å². The average Bonchev–Trinajstić information content (AvgIpc) is 2.63. The normalized spacial score (nSPS) is 22.2. The summed E-state index contributed by atoms with van der Waals surface area (Å²) >= 11 is 1.97. The molecule has 2 nitrogen and oxygen atoms in total. The summed E-state index contributed by atoms with van der Waals surface area (Å²) in [7, 11) is 0. The maximum absolute atomic E-state index is 5.71. The van der Waals surface area contributed by atoms with Crippen LogP contribution >= 0.6 is 11.8 Å². The summed E-state index contributed by atoms with van der Waals surface area (Å²) in [6.07, 6.45) is 8.43. The van der Waals surface area contributed by atoms with Crippen molar-refractivity contribution in [3.8, 4) is 0 Å². The summed E-state index contributed by atoms with van der Waals surface area (Å²) in [5.41, 5.74) is 5.71. The quantitative estimate of drug-likeness (QED) is 0.559. The first-order valence-corrected chi connectivity index (χ1v) is 6.29. The van der Waals surface area contributed by atoms with Gasteiger partial charge in [0.25, 0.3) is 0 Å². The molecule has 0 atom stereocenters. The third-order valence-corrected chi connectivity index (χ3v) is 4.28. The van der Waals surface area contributed by atoms with Gasteiger partial charge in [-0.1, -0.05) is 19.8 Å². The highest BCUT2D eigenvalue weighted by Gasteiger charge is 2.32. The van der Waals surface area contributed by atoms with Crippen LogP contribution in [0.2, 0.25) is 0 Å². The Bertz CT molecular complexity index is 183. The molecule has 0 radical (unpaired) electrons. The lowest BCUT2D eigenvalue weighted by molar-refractivity contribution is 0.621. The Kier molecular flexibility index (Phi) is 4.10. The van der Waals surface area contributed by atoms with Gasteiger partial charge >= 0.3 is 0 Å². The van der Waals surface area contributed by atoms with Gasteiger partial charge in [0.2, 0.25) is 0 Å². The summed E-state index contributed by atoms with van der Waals surface area (Å²) < 4.78 is 0.416. The molecule has 76 valence electrons. The first kappa shape index (κ1) is 10.9. The zero-order chi connectivity index (χ0) is 9.73. The first-order chi connectivity index (χ1) is 6.22. The Morgan fingerprint density at radius 1 is 1.46 bits per heavy atom. The maximum atomic E-state index is 5.71. The van der Waals surface area contributed by atoms with Gasteiger partial charge < -0.3 is 5.73 Å². The van der Waals surface area contributed by atoms with Crippen LogP contribution in [0.1, 0.15) is 39.0 Å². The van der Waals surface area contributed by atoms with Crippen LogP contribution < -0.4 is 5.73 Å². The van der Waals surface area contributed by atoms with Gasteiger partial charge in [-0.2, -0.15) is 11.8 Å². The number of rotatable bonds is 4. The Labute approximate surface area is 85.4 Å². The molecule has 0 spiro atoms. The van der Waals surface area contributed by atoms with E-state index in [2.05, 4.69) is 18.2 Å². The summed E-state index contributed by atoms with van der Waals surface area (Å²) in [5.74, 6) is 0.806. The predicted octanol–water partition coefficient (Wildman–Crippen LogP) is 2.43. The molecule has 0 heterocycles. The minimum atomic E-state index is 0.416. The van der Waals surface area contributed by atoms with E-state index in [1.807, 2.05) is 11.8 Å². The van der Waals surface area contributed by atoms with Crippen molar-refractivity contribution in [2.75, 3.05) is 12.8 Å². The van der Waals surface area contributed by atoms with Crippen molar-refractivity contribution in [1.29, 1.82) is 0 Å². The maximum Gasteiger partial charge on any atom is 0.0934 e. The number of hydrogen-bond donors (Lipinski definition) is 1. The van der Waals surface area contributed by atoms with Crippen molar-refractivity contribution < 1.29 is 0 Å². The van der Waals surface area contributed by atoms with Crippen LogP contribution in [0.5, 0.6) is 0 Å². The van der Waals surface area contributed by atoms with Crippen molar-refractivity contribution in [2.24, 2.45) is 10.7 Å². The fourth-order valence-corrected chi connectivity index (χ4v) is 2.69. The Balaban J connectivity index is 2.48. The molecule has 1 rings (SSSR count). The highest BCUT2D eigenvalue weighted by molar-refractivity contribution is 8.00. The zero-order valence-corrected chi connectivity index (χ0v) is 9.49. The average molecular weight is 200 g/mol. The van der Waals surface area contributed by atoms with E-state index in [0.29, 0.717) is 4.75 Å². The van der Waals surface area contributed by atoms with E-state index in [1.165, 1.54) is 25.7 Å². The van der Waals surface area contributed by atoms with E-state index in [1.54, 1.807) is 0 Å². The number of nitrogens with two attached hydrogens (primary N) is 1. The second kappa shape index (κ2) is 4.89. The highest BCUT2D eigenvalue weighted by atomic mass is 32.2. The molecule has 0 aromatic carbocycles. The van der Waals surface area contributed by atoms with E-state index < -0.39 is 0 Å². The molecule has 0 aliphatic heterocycles. The fraction of sp³-hybridized carbons (Fsp3) is 0.900. The molecule has 0 amide bonds. The third kappa shape index (κ3) is 2.90. The number of nitrogens with zero attached hydrogens (tertiary/aromatic N) is 1. The summed E-state index contributed by atoms with van der Waals surface area (Å²) in [5, 5.41) is 0. The molecule has 0 aromatic heterocycles. The molecular weight excluding hydrogens is 180 g/mol. The number of thioether (sulfide) groups is 1. The third-order valence-electron chi connectivity index (χ3n) is 2.88. The predicted molar refractivity (Wildman–Crippen MR) is 61.5 cm³/mol. The lowest BCUT2D eigenvalue weighted by atomic mass is 10.1. The van der Waals surface area contributed by atoms with Crippen molar-refractivity contribution in [3.63, 3.8) is 0 Å². The van der Waals surface area contributed by atoms with Gasteiger partial charge in [-0.05, 0) is 19.1 Å². The molecule has 2 N–H and O–H groups in total. The fourth-order valence-electron chi connectivity index (χ4n) is 1.80. The van der Waals surface area contributed by atoms with Crippen LogP contribution in [-0.4, -0.2) is 23.4 Å². The minimum Gasteiger partial charge on any atom is -0.387 e. The monoisotopic (exact) mass is 200 g/mol. The van der Waals surface area contributed by atoms with Crippen LogP contribution in [0.3, 0.4) is 0 Å². The van der Waals surface area contributed by atoms with E-state index in [0.717, 1.165) is 18.8 Å². The smallest absolute Gasteiger partial charge is 0.0934 e. The van der Waals surface area contributed by atoms with Gasteiger partial charge in [0.05, 0.1) is 12.4 Å². The standard InChI is InChI=1S/C10H20N2S/c1-3-9(11)12-8-10(13-2)6-4-5-7-10/h3-8H2,1-2H3,(H2,11,12). The molecule has 1 saturated carbocycles. The molecule has 0 saturated heterocycles. The van der Waals surface area contributed by atoms with Gasteiger partial charge in [0.15, 0.2) is 0 Å². The van der Waals surface area contributed by atoms with Gasteiger partial charge in [-0.25, -0.2) is 0 Å². The van der Waals surface area contributed by atoms with Gasteiger partial charge in [-0.15, -0.1) is 0 Å². The molecule has 13 heavy (non-hydrogen) atoms. The van der Waals surface area contributed by atoms with Crippen LogP contribution in [0.4, 0.5) is 0 Å². The molecule has 0 aromatic rings. The Morgan fingerprint density at radius 2 is 2.08 bits per heavy atom. The summed E-state index contributed by atoms with van der Waals surface area (Å²) in [6.45, 7) is 2.98. The summed E-state index contributed by atoms with van der Waals surface area (Å²) in [6, 6.07) is 0. The SMILES string of the molecule is CCC(N)=NCC1(SC)CCCC1. The van der Waals surface area contributed by atoms with Gasteiger partial charge in [0, 0.05) is 11.2 Å². The van der Waals surface area contributed by atoms with Crippen molar-refractivity contribution in [2.45, 2.75) is 43.8 Å². The largest absolute Gasteiger partial charge is 0.387 e. The second-order valence-corrected chi connectivity index (χ2v) is 5.03.